The molecule has 1 nitrogen and oxygen atoms in total. The van der Waals surface area contributed by atoms with Gasteiger partial charge in [0, 0.05) is 12.6 Å². The van der Waals surface area contributed by atoms with E-state index in [1.165, 1.54) is 64.3 Å². The van der Waals surface area contributed by atoms with Crippen molar-refractivity contribution < 1.29 is 0 Å². The molecule has 1 N–H and O–H groups in total. The summed E-state index contributed by atoms with van der Waals surface area (Å²) >= 11 is 0. The van der Waals surface area contributed by atoms with Crippen molar-refractivity contribution >= 4 is 0 Å². The lowest BCUT2D eigenvalue weighted by atomic mass is 9.65. The van der Waals surface area contributed by atoms with Gasteiger partial charge in [0.05, 0.1) is 0 Å². The Kier molecular flexibility index (Phi) is 2.91. The standard InChI is InChI=1S/C18H25N/c1-3-15-6-5-14(11-16(15)4-1)12-18(9-2-10-18)13-19-17-7-8-17/h5-6,11,17,19H,1-4,7-10,12-13H2. The van der Waals surface area contributed by atoms with E-state index in [2.05, 4.69) is 23.5 Å². The molecule has 4 rings (SSSR count). The lowest BCUT2D eigenvalue weighted by molar-refractivity contribution is 0.129. The van der Waals surface area contributed by atoms with Crippen LogP contribution in [0.3, 0.4) is 0 Å². The average molecular weight is 255 g/mol. The summed E-state index contributed by atoms with van der Waals surface area (Å²) in [5.41, 5.74) is 5.44. The second kappa shape index (κ2) is 4.63. The molecule has 0 bridgehead atoms. The van der Waals surface area contributed by atoms with Gasteiger partial charge >= 0.3 is 0 Å². The minimum Gasteiger partial charge on any atom is -0.313 e. The Morgan fingerprint density at radius 3 is 2.63 bits per heavy atom. The molecule has 0 unspecified atom stereocenters. The molecule has 0 amide bonds. The molecule has 3 aliphatic carbocycles. The van der Waals surface area contributed by atoms with E-state index in [0.717, 1.165) is 6.04 Å². The van der Waals surface area contributed by atoms with E-state index in [1.54, 1.807) is 16.7 Å². The molecular formula is C18H25N. The smallest absolute Gasteiger partial charge is 0.00684 e. The van der Waals surface area contributed by atoms with Gasteiger partial charge in [0.2, 0.25) is 0 Å². The van der Waals surface area contributed by atoms with Crippen molar-refractivity contribution in [3.05, 3.63) is 34.9 Å². The Morgan fingerprint density at radius 2 is 1.89 bits per heavy atom. The Balaban J connectivity index is 1.46. The molecule has 3 aliphatic rings. The van der Waals surface area contributed by atoms with Gasteiger partial charge in [0.25, 0.3) is 0 Å². The van der Waals surface area contributed by atoms with Crippen LogP contribution in [0.2, 0.25) is 0 Å². The van der Waals surface area contributed by atoms with Crippen LogP contribution in [-0.2, 0) is 19.3 Å². The molecular weight excluding hydrogens is 230 g/mol. The van der Waals surface area contributed by atoms with Gasteiger partial charge in [-0.1, -0.05) is 24.6 Å². The highest BCUT2D eigenvalue weighted by atomic mass is 15.0. The molecule has 1 aromatic carbocycles. The van der Waals surface area contributed by atoms with Crippen LogP contribution in [0.5, 0.6) is 0 Å². The Hall–Kier alpha value is -0.820. The van der Waals surface area contributed by atoms with Crippen molar-refractivity contribution in [3.63, 3.8) is 0 Å². The van der Waals surface area contributed by atoms with E-state index in [0.29, 0.717) is 5.41 Å². The maximum absolute atomic E-state index is 3.77. The molecule has 0 heterocycles. The van der Waals surface area contributed by atoms with Crippen LogP contribution in [0.4, 0.5) is 0 Å². The summed E-state index contributed by atoms with van der Waals surface area (Å²) in [4.78, 5) is 0. The molecule has 0 aliphatic heterocycles. The third kappa shape index (κ3) is 2.45. The van der Waals surface area contributed by atoms with Gasteiger partial charge in [-0.05, 0) is 73.5 Å². The molecule has 0 aromatic heterocycles. The second-order valence-electron chi connectivity index (χ2n) is 7.14. The van der Waals surface area contributed by atoms with E-state index >= 15 is 0 Å². The largest absolute Gasteiger partial charge is 0.313 e. The lowest BCUT2D eigenvalue weighted by Crippen LogP contribution is -2.42. The van der Waals surface area contributed by atoms with Crippen LogP contribution in [-0.4, -0.2) is 12.6 Å². The molecule has 0 radical (unpaired) electrons. The minimum atomic E-state index is 0.593. The average Bonchev–Trinajstić information content (AvgIpc) is 3.09. The summed E-state index contributed by atoms with van der Waals surface area (Å²) < 4.78 is 0. The zero-order valence-electron chi connectivity index (χ0n) is 11.9. The number of rotatable bonds is 5. The van der Waals surface area contributed by atoms with Crippen LogP contribution in [0, 0.1) is 5.41 Å². The summed E-state index contributed by atoms with van der Waals surface area (Å²) in [6.45, 7) is 1.26. The number of aryl methyl sites for hydroxylation is 2. The number of hydrogen-bond donors (Lipinski definition) is 1. The third-order valence-electron chi connectivity index (χ3n) is 5.50. The highest BCUT2D eigenvalue weighted by Gasteiger charge is 2.38. The maximum atomic E-state index is 3.77. The summed E-state index contributed by atoms with van der Waals surface area (Å²) in [6.07, 6.45) is 12.4. The quantitative estimate of drug-likeness (QED) is 0.847. The number of hydrogen-bond acceptors (Lipinski definition) is 1. The predicted molar refractivity (Wildman–Crippen MR) is 79.5 cm³/mol. The van der Waals surface area contributed by atoms with Crippen molar-refractivity contribution in [2.45, 2.75) is 63.8 Å². The number of fused-ring (bicyclic) bond motifs is 1. The molecule has 0 atom stereocenters. The van der Waals surface area contributed by atoms with Crippen LogP contribution in [0.25, 0.3) is 0 Å². The van der Waals surface area contributed by atoms with E-state index in [9.17, 15) is 0 Å². The van der Waals surface area contributed by atoms with E-state index in [1.807, 2.05) is 0 Å². The first-order valence-corrected chi connectivity index (χ1v) is 8.17. The topological polar surface area (TPSA) is 12.0 Å². The minimum absolute atomic E-state index is 0.593. The Morgan fingerprint density at radius 1 is 1.05 bits per heavy atom. The number of nitrogens with one attached hydrogen (secondary N) is 1. The fourth-order valence-electron chi connectivity index (χ4n) is 3.91. The third-order valence-corrected chi connectivity index (χ3v) is 5.50. The van der Waals surface area contributed by atoms with Crippen LogP contribution < -0.4 is 5.32 Å². The first-order valence-electron chi connectivity index (χ1n) is 8.17. The summed E-state index contributed by atoms with van der Waals surface area (Å²) in [7, 11) is 0. The molecule has 1 aromatic rings. The molecule has 2 fully saturated rings. The zero-order valence-corrected chi connectivity index (χ0v) is 11.9. The Bertz CT molecular complexity index is 469. The van der Waals surface area contributed by atoms with Gasteiger partial charge in [0.1, 0.15) is 0 Å². The van der Waals surface area contributed by atoms with E-state index in [4.69, 9.17) is 0 Å². The maximum Gasteiger partial charge on any atom is 0.00684 e. The van der Waals surface area contributed by atoms with Gasteiger partial charge in [-0.3, -0.25) is 0 Å². The van der Waals surface area contributed by atoms with Gasteiger partial charge in [-0.2, -0.15) is 0 Å². The summed E-state index contributed by atoms with van der Waals surface area (Å²) in [5, 5.41) is 3.77. The molecule has 19 heavy (non-hydrogen) atoms. The Labute approximate surface area is 116 Å². The molecule has 102 valence electrons. The van der Waals surface area contributed by atoms with E-state index in [-0.39, 0.29) is 0 Å². The first kappa shape index (κ1) is 12.0. The second-order valence-corrected chi connectivity index (χ2v) is 7.14. The van der Waals surface area contributed by atoms with Gasteiger partial charge < -0.3 is 5.32 Å². The van der Waals surface area contributed by atoms with E-state index < -0.39 is 0 Å². The fourth-order valence-corrected chi connectivity index (χ4v) is 3.91. The molecule has 2 saturated carbocycles. The van der Waals surface area contributed by atoms with Gasteiger partial charge in [0.15, 0.2) is 0 Å². The zero-order chi connectivity index (χ0) is 12.7. The lowest BCUT2D eigenvalue weighted by Gasteiger charge is -2.42. The SMILES string of the molecule is c1cc2c(cc1CC1(CNC3CC3)CCC1)CCC2. The van der Waals surface area contributed by atoms with Crippen LogP contribution in [0.1, 0.15) is 55.2 Å². The van der Waals surface area contributed by atoms with Crippen LogP contribution in [0.15, 0.2) is 18.2 Å². The normalized spacial score (nSPS) is 24.0. The van der Waals surface area contributed by atoms with Crippen molar-refractivity contribution in [1.29, 1.82) is 0 Å². The first-order chi connectivity index (χ1) is 9.33. The summed E-state index contributed by atoms with van der Waals surface area (Å²) in [5.74, 6) is 0. The summed E-state index contributed by atoms with van der Waals surface area (Å²) in [6, 6.07) is 8.18. The van der Waals surface area contributed by atoms with Crippen molar-refractivity contribution in [3.8, 4) is 0 Å². The number of benzene rings is 1. The van der Waals surface area contributed by atoms with Crippen molar-refractivity contribution in [2.75, 3.05) is 6.54 Å². The van der Waals surface area contributed by atoms with Gasteiger partial charge in [-0.25, -0.2) is 0 Å². The molecule has 1 heteroatoms. The highest BCUT2D eigenvalue weighted by molar-refractivity contribution is 5.35. The molecule has 0 saturated heterocycles. The monoisotopic (exact) mass is 255 g/mol. The van der Waals surface area contributed by atoms with Crippen molar-refractivity contribution in [1.82, 2.24) is 5.32 Å². The van der Waals surface area contributed by atoms with Gasteiger partial charge in [-0.15, -0.1) is 0 Å². The molecule has 0 spiro atoms. The predicted octanol–water partition coefficient (Wildman–Crippen LogP) is 3.64. The van der Waals surface area contributed by atoms with Crippen molar-refractivity contribution in [2.24, 2.45) is 5.41 Å². The highest BCUT2D eigenvalue weighted by Crippen LogP contribution is 2.44. The fraction of sp³-hybridized carbons (Fsp3) is 0.667. The van der Waals surface area contributed by atoms with Crippen LogP contribution >= 0.6 is 0 Å².